The summed E-state index contributed by atoms with van der Waals surface area (Å²) in [6.07, 6.45) is 0.273. The highest BCUT2D eigenvalue weighted by molar-refractivity contribution is 6.10. The van der Waals surface area contributed by atoms with Gasteiger partial charge in [-0.2, -0.15) is 0 Å². The highest BCUT2D eigenvalue weighted by atomic mass is 16.7. The lowest BCUT2D eigenvalue weighted by Crippen LogP contribution is -2.47. The SMILES string of the molecule is CCN(C(=O)CN1C(=O)N[C@](C)(Cc2ccc3c(c2)OCO3)C1=O)c1ccccc1. The van der Waals surface area contributed by atoms with Crippen molar-refractivity contribution in [3.8, 4) is 11.5 Å². The molecule has 8 heteroatoms. The fraction of sp³-hybridized carbons (Fsp3) is 0.318. The summed E-state index contributed by atoms with van der Waals surface area (Å²) in [5.41, 5.74) is 0.401. The van der Waals surface area contributed by atoms with Gasteiger partial charge in [0.1, 0.15) is 12.1 Å². The number of likely N-dealkylation sites (N-methyl/N-ethyl adjacent to an activating group) is 1. The minimum atomic E-state index is -1.14. The largest absolute Gasteiger partial charge is 0.454 e. The molecule has 0 aliphatic carbocycles. The third-order valence-corrected chi connectivity index (χ3v) is 5.32. The Morgan fingerprint density at radius 1 is 1.13 bits per heavy atom. The molecule has 156 valence electrons. The summed E-state index contributed by atoms with van der Waals surface area (Å²) in [5.74, 6) is 0.516. The Labute approximate surface area is 174 Å². The normalized spacial score (nSPS) is 19.7. The van der Waals surface area contributed by atoms with Crippen LogP contribution in [0, 0.1) is 0 Å². The molecule has 1 fully saturated rings. The van der Waals surface area contributed by atoms with Gasteiger partial charge in [-0.3, -0.25) is 14.5 Å². The molecule has 0 unspecified atom stereocenters. The van der Waals surface area contributed by atoms with Crippen molar-refractivity contribution in [1.29, 1.82) is 0 Å². The van der Waals surface area contributed by atoms with Crippen LogP contribution in [0.25, 0.3) is 0 Å². The van der Waals surface area contributed by atoms with Crippen molar-refractivity contribution in [2.75, 3.05) is 24.8 Å². The predicted octanol–water partition coefficient (Wildman–Crippen LogP) is 2.32. The Morgan fingerprint density at radius 2 is 1.87 bits per heavy atom. The number of hydrogen-bond donors (Lipinski definition) is 1. The minimum Gasteiger partial charge on any atom is -0.454 e. The first-order chi connectivity index (χ1) is 14.4. The van der Waals surface area contributed by atoms with E-state index in [-0.39, 0.29) is 25.7 Å². The number of urea groups is 1. The smallest absolute Gasteiger partial charge is 0.325 e. The number of amides is 4. The number of nitrogens with one attached hydrogen (secondary N) is 1. The van der Waals surface area contributed by atoms with Crippen LogP contribution in [-0.4, -0.2) is 48.2 Å². The third-order valence-electron chi connectivity index (χ3n) is 5.32. The van der Waals surface area contributed by atoms with Gasteiger partial charge < -0.3 is 19.7 Å². The molecule has 2 aromatic carbocycles. The lowest BCUT2D eigenvalue weighted by molar-refractivity contribution is -0.133. The average Bonchev–Trinajstić information content (AvgIpc) is 3.27. The number of imide groups is 1. The van der Waals surface area contributed by atoms with Crippen LogP contribution >= 0.6 is 0 Å². The molecule has 30 heavy (non-hydrogen) atoms. The summed E-state index contributed by atoms with van der Waals surface area (Å²) >= 11 is 0. The molecular formula is C22H23N3O5. The lowest BCUT2D eigenvalue weighted by Gasteiger charge is -2.24. The summed E-state index contributed by atoms with van der Waals surface area (Å²) < 4.78 is 10.7. The van der Waals surface area contributed by atoms with Gasteiger partial charge in [-0.25, -0.2) is 4.79 Å². The number of para-hydroxylation sites is 1. The van der Waals surface area contributed by atoms with Gasteiger partial charge in [0.2, 0.25) is 12.7 Å². The molecule has 2 heterocycles. The molecule has 1 atom stereocenters. The van der Waals surface area contributed by atoms with Crippen LogP contribution in [0.4, 0.5) is 10.5 Å². The maximum Gasteiger partial charge on any atom is 0.325 e. The van der Waals surface area contributed by atoms with Crippen molar-refractivity contribution in [2.45, 2.75) is 25.8 Å². The minimum absolute atomic E-state index is 0.164. The van der Waals surface area contributed by atoms with E-state index in [1.807, 2.05) is 43.3 Å². The van der Waals surface area contributed by atoms with Crippen LogP contribution in [0.2, 0.25) is 0 Å². The molecule has 4 amide bonds. The van der Waals surface area contributed by atoms with Gasteiger partial charge in [-0.15, -0.1) is 0 Å². The molecular weight excluding hydrogens is 386 g/mol. The zero-order valence-corrected chi connectivity index (χ0v) is 16.9. The fourth-order valence-electron chi connectivity index (χ4n) is 3.80. The number of benzene rings is 2. The van der Waals surface area contributed by atoms with E-state index in [2.05, 4.69) is 5.32 Å². The lowest BCUT2D eigenvalue weighted by atomic mass is 9.92. The van der Waals surface area contributed by atoms with Gasteiger partial charge in [0.25, 0.3) is 5.91 Å². The second kappa shape index (κ2) is 7.70. The van der Waals surface area contributed by atoms with Crippen molar-refractivity contribution in [3.63, 3.8) is 0 Å². The van der Waals surface area contributed by atoms with Gasteiger partial charge >= 0.3 is 6.03 Å². The molecule has 4 rings (SSSR count). The maximum absolute atomic E-state index is 13.1. The molecule has 1 N–H and O–H groups in total. The first kappa shape index (κ1) is 19.8. The summed E-state index contributed by atoms with van der Waals surface area (Å²) in [5, 5.41) is 2.74. The van der Waals surface area contributed by atoms with E-state index >= 15 is 0 Å². The van der Waals surface area contributed by atoms with Crippen LogP contribution in [-0.2, 0) is 16.0 Å². The van der Waals surface area contributed by atoms with Crippen LogP contribution in [0.5, 0.6) is 11.5 Å². The van der Waals surface area contributed by atoms with E-state index in [0.717, 1.165) is 16.2 Å². The third kappa shape index (κ3) is 3.56. The topological polar surface area (TPSA) is 88.2 Å². The van der Waals surface area contributed by atoms with Crippen molar-refractivity contribution >= 4 is 23.5 Å². The first-order valence-electron chi connectivity index (χ1n) is 9.79. The van der Waals surface area contributed by atoms with Gasteiger partial charge in [0, 0.05) is 18.7 Å². The summed E-state index contributed by atoms with van der Waals surface area (Å²) in [6.45, 7) is 3.79. The monoisotopic (exact) mass is 409 g/mol. The molecule has 0 spiro atoms. The predicted molar refractivity (Wildman–Crippen MR) is 109 cm³/mol. The summed E-state index contributed by atoms with van der Waals surface area (Å²) in [4.78, 5) is 41.0. The van der Waals surface area contributed by atoms with Gasteiger partial charge in [-0.1, -0.05) is 24.3 Å². The average molecular weight is 409 g/mol. The Morgan fingerprint density at radius 3 is 2.60 bits per heavy atom. The number of rotatable bonds is 6. The van der Waals surface area contributed by atoms with Crippen molar-refractivity contribution in [2.24, 2.45) is 0 Å². The van der Waals surface area contributed by atoms with Crippen LogP contribution in [0.3, 0.4) is 0 Å². The second-order valence-electron chi connectivity index (χ2n) is 7.49. The molecule has 0 saturated carbocycles. The van der Waals surface area contributed by atoms with E-state index < -0.39 is 17.5 Å². The van der Waals surface area contributed by atoms with E-state index in [4.69, 9.17) is 9.47 Å². The fourth-order valence-corrected chi connectivity index (χ4v) is 3.80. The molecule has 8 nitrogen and oxygen atoms in total. The highest BCUT2D eigenvalue weighted by Gasteiger charge is 2.48. The Balaban J connectivity index is 1.48. The zero-order chi connectivity index (χ0) is 21.3. The van der Waals surface area contributed by atoms with Gasteiger partial charge in [0.05, 0.1) is 0 Å². The van der Waals surface area contributed by atoms with Crippen LogP contribution in [0.15, 0.2) is 48.5 Å². The van der Waals surface area contributed by atoms with Crippen molar-refractivity contribution in [1.82, 2.24) is 10.2 Å². The number of carbonyl (C=O) groups excluding carboxylic acids is 3. The Bertz CT molecular complexity index is 994. The number of anilines is 1. The highest BCUT2D eigenvalue weighted by Crippen LogP contribution is 2.34. The van der Waals surface area contributed by atoms with Crippen molar-refractivity contribution in [3.05, 3.63) is 54.1 Å². The number of nitrogens with zero attached hydrogens (tertiary/aromatic N) is 2. The molecule has 2 aliphatic heterocycles. The van der Waals surface area contributed by atoms with Crippen molar-refractivity contribution < 1.29 is 23.9 Å². The quantitative estimate of drug-likeness (QED) is 0.740. The standard InChI is InChI=1S/C22H23N3O5/c1-3-24(16-7-5-4-6-8-16)19(26)13-25-20(27)22(2,23-21(25)28)12-15-9-10-17-18(11-15)30-14-29-17/h4-11H,3,12-14H2,1-2H3,(H,23,28)/t22-/m1/s1. The van der Waals surface area contributed by atoms with Gasteiger partial charge in [-0.05, 0) is 43.7 Å². The zero-order valence-electron chi connectivity index (χ0n) is 16.9. The molecule has 0 aromatic heterocycles. The molecule has 0 bridgehead atoms. The van der Waals surface area contributed by atoms with Crippen LogP contribution in [0.1, 0.15) is 19.4 Å². The van der Waals surface area contributed by atoms with Gasteiger partial charge in [0.15, 0.2) is 11.5 Å². The summed E-state index contributed by atoms with van der Waals surface area (Å²) in [6, 6.07) is 14.0. The van der Waals surface area contributed by atoms with Crippen LogP contribution < -0.4 is 19.7 Å². The molecule has 0 radical (unpaired) electrons. The number of ether oxygens (including phenoxy) is 2. The van der Waals surface area contributed by atoms with E-state index in [1.165, 1.54) is 0 Å². The number of hydrogen-bond acceptors (Lipinski definition) is 5. The van der Waals surface area contributed by atoms with E-state index in [1.54, 1.807) is 24.0 Å². The molecule has 2 aromatic rings. The Hall–Kier alpha value is -3.55. The molecule has 1 saturated heterocycles. The number of carbonyl (C=O) groups is 3. The second-order valence-corrected chi connectivity index (χ2v) is 7.49. The summed E-state index contributed by atoms with van der Waals surface area (Å²) in [7, 11) is 0. The first-order valence-corrected chi connectivity index (χ1v) is 9.79. The number of fused-ring (bicyclic) bond motifs is 1. The maximum atomic E-state index is 13.1. The Kier molecular flexibility index (Phi) is 5.07. The van der Waals surface area contributed by atoms with E-state index in [9.17, 15) is 14.4 Å². The molecule has 2 aliphatic rings. The van der Waals surface area contributed by atoms with E-state index in [0.29, 0.717) is 18.0 Å².